The molecule has 0 rings (SSSR count). The molecule has 1 unspecified atom stereocenters. The van der Waals surface area contributed by atoms with Gasteiger partial charge in [-0.25, -0.2) is 4.79 Å². The molecule has 0 radical (unpaired) electrons. The van der Waals surface area contributed by atoms with Crippen LogP contribution in [0.2, 0.25) is 0 Å². The van der Waals surface area contributed by atoms with Gasteiger partial charge in [0.1, 0.15) is 0 Å². The van der Waals surface area contributed by atoms with E-state index in [2.05, 4.69) is 10.6 Å². The summed E-state index contributed by atoms with van der Waals surface area (Å²) in [7, 11) is 0. The number of amides is 1. The third-order valence-corrected chi connectivity index (χ3v) is 1.69. The van der Waals surface area contributed by atoms with E-state index in [1.54, 1.807) is 6.92 Å². The summed E-state index contributed by atoms with van der Waals surface area (Å²) in [5.74, 6) is -1.09. The van der Waals surface area contributed by atoms with Gasteiger partial charge < -0.3 is 15.7 Å². The summed E-state index contributed by atoms with van der Waals surface area (Å²) in [5, 5.41) is 14.1. The molecule has 1 amide bonds. The number of hydrogen-bond donors (Lipinski definition) is 3. The summed E-state index contributed by atoms with van der Waals surface area (Å²) in [5.41, 5.74) is -0.260. The third kappa shape index (κ3) is 7.99. The molecule has 0 aromatic carbocycles. The van der Waals surface area contributed by atoms with Crippen molar-refractivity contribution in [3.05, 3.63) is 12.2 Å². The second-order valence-corrected chi connectivity index (χ2v) is 4.61. The normalized spacial score (nSPS) is 13.8. The van der Waals surface area contributed by atoms with Gasteiger partial charge in [0.05, 0.1) is 6.04 Å². The van der Waals surface area contributed by atoms with E-state index in [1.165, 1.54) is 6.08 Å². The van der Waals surface area contributed by atoms with Gasteiger partial charge in [-0.15, -0.1) is 0 Å². The first-order chi connectivity index (χ1) is 7.22. The smallest absolute Gasteiger partial charge is 0.328 e. The average Bonchev–Trinajstić information content (AvgIpc) is 2.08. The Morgan fingerprint density at radius 2 is 1.94 bits per heavy atom. The molecule has 5 nitrogen and oxygen atoms in total. The van der Waals surface area contributed by atoms with Gasteiger partial charge in [-0.05, 0) is 27.7 Å². The van der Waals surface area contributed by atoms with Gasteiger partial charge in [-0.2, -0.15) is 0 Å². The number of carbonyl (C=O) groups excluding carboxylic acids is 1. The lowest BCUT2D eigenvalue weighted by Crippen LogP contribution is -2.49. The summed E-state index contributed by atoms with van der Waals surface area (Å²) in [6, 6.07) is -0.349. The molecule has 0 aliphatic carbocycles. The quantitative estimate of drug-likeness (QED) is 0.599. The van der Waals surface area contributed by atoms with Crippen LogP contribution in [0.1, 0.15) is 27.7 Å². The van der Waals surface area contributed by atoms with Crippen molar-refractivity contribution in [1.82, 2.24) is 10.6 Å². The minimum Gasteiger partial charge on any atom is -0.478 e. The van der Waals surface area contributed by atoms with E-state index in [0.29, 0.717) is 6.54 Å². The van der Waals surface area contributed by atoms with Gasteiger partial charge in [0.25, 0.3) is 0 Å². The fourth-order valence-electron chi connectivity index (χ4n) is 0.975. The fourth-order valence-corrected chi connectivity index (χ4v) is 0.975. The van der Waals surface area contributed by atoms with E-state index in [0.717, 1.165) is 6.08 Å². The number of carboxylic acids is 1. The van der Waals surface area contributed by atoms with Gasteiger partial charge in [-0.1, -0.05) is 6.08 Å². The second kappa shape index (κ2) is 6.27. The van der Waals surface area contributed by atoms with Crippen LogP contribution in [0, 0.1) is 0 Å². The van der Waals surface area contributed by atoms with Crippen LogP contribution >= 0.6 is 0 Å². The third-order valence-electron chi connectivity index (χ3n) is 1.69. The molecule has 0 aromatic rings. The van der Waals surface area contributed by atoms with Crippen molar-refractivity contribution in [1.29, 1.82) is 0 Å². The zero-order valence-corrected chi connectivity index (χ0v) is 10.2. The van der Waals surface area contributed by atoms with Crippen LogP contribution in [0.25, 0.3) is 0 Å². The van der Waals surface area contributed by atoms with Crippen LogP contribution in [0.3, 0.4) is 0 Å². The Kier molecular flexibility index (Phi) is 5.74. The highest BCUT2D eigenvalue weighted by atomic mass is 16.4. The van der Waals surface area contributed by atoms with Crippen molar-refractivity contribution in [2.45, 2.75) is 39.3 Å². The molecule has 0 aliphatic heterocycles. The molecule has 0 spiro atoms. The Hall–Kier alpha value is -1.36. The van der Waals surface area contributed by atoms with Gasteiger partial charge in [0, 0.05) is 18.2 Å². The molecule has 3 N–H and O–H groups in total. The van der Waals surface area contributed by atoms with Gasteiger partial charge in [0.15, 0.2) is 0 Å². The molecule has 92 valence electrons. The minimum absolute atomic E-state index is 0.101. The summed E-state index contributed by atoms with van der Waals surface area (Å²) in [6.07, 6.45) is 2.50. The number of carboxylic acid groups (broad SMARTS) is 1. The molecule has 0 aromatic heterocycles. The van der Waals surface area contributed by atoms with Crippen LogP contribution in [0.15, 0.2) is 12.2 Å². The first kappa shape index (κ1) is 14.6. The van der Waals surface area contributed by atoms with E-state index in [4.69, 9.17) is 5.11 Å². The average molecular weight is 228 g/mol. The SMILES string of the molecule is CC(NC/C=C/C(=O)O)C(=O)NC(C)(C)C. The molecule has 0 saturated carbocycles. The summed E-state index contributed by atoms with van der Waals surface area (Å²) in [6.45, 7) is 7.80. The van der Waals surface area contributed by atoms with Crippen molar-refractivity contribution in [3.63, 3.8) is 0 Å². The van der Waals surface area contributed by atoms with Crippen molar-refractivity contribution in [3.8, 4) is 0 Å². The first-order valence-electron chi connectivity index (χ1n) is 5.17. The zero-order valence-electron chi connectivity index (χ0n) is 10.2. The van der Waals surface area contributed by atoms with Crippen molar-refractivity contribution in [2.24, 2.45) is 0 Å². The maximum absolute atomic E-state index is 11.6. The summed E-state index contributed by atoms with van der Waals surface area (Å²) >= 11 is 0. The lowest BCUT2D eigenvalue weighted by atomic mass is 10.1. The summed E-state index contributed by atoms with van der Waals surface area (Å²) < 4.78 is 0. The van der Waals surface area contributed by atoms with Gasteiger partial charge >= 0.3 is 5.97 Å². The molecular weight excluding hydrogens is 208 g/mol. The molecule has 0 fully saturated rings. The maximum Gasteiger partial charge on any atom is 0.328 e. The first-order valence-corrected chi connectivity index (χ1v) is 5.17. The number of hydrogen-bond acceptors (Lipinski definition) is 3. The second-order valence-electron chi connectivity index (χ2n) is 4.61. The highest BCUT2D eigenvalue weighted by molar-refractivity contribution is 5.82. The highest BCUT2D eigenvalue weighted by Gasteiger charge is 2.18. The van der Waals surface area contributed by atoms with E-state index >= 15 is 0 Å². The van der Waals surface area contributed by atoms with Crippen LogP contribution in [-0.2, 0) is 9.59 Å². The molecule has 16 heavy (non-hydrogen) atoms. The Morgan fingerprint density at radius 3 is 2.38 bits per heavy atom. The van der Waals surface area contributed by atoms with E-state index in [-0.39, 0.29) is 17.5 Å². The number of aliphatic carboxylic acids is 1. The zero-order chi connectivity index (χ0) is 12.8. The number of nitrogens with one attached hydrogen (secondary N) is 2. The van der Waals surface area contributed by atoms with Gasteiger partial charge in [-0.3, -0.25) is 4.79 Å². The Balaban J connectivity index is 3.93. The lowest BCUT2D eigenvalue weighted by Gasteiger charge is -2.23. The molecule has 1 atom stereocenters. The molecule has 5 heteroatoms. The van der Waals surface area contributed by atoms with Crippen LogP contribution in [0.5, 0.6) is 0 Å². The van der Waals surface area contributed by atoms with E-state index in [9.17, 15) is 9.59 Å². The Bertz CT molecular complexity index is 279. The molecular formula is C11H20N2O3. The molecule has 0 bridgehead atoms. The molecule has 0 saturated heterocycles. The fraction of sp³-hybridized carbons (Fsp3) is 0.636. The predicted molar refractivity (Wildman–Crippen MR) is 62.1 cm³/mol. The Labute approximate surface area is 95.9 Å². The number of carbonyl (C=O) groups is 2. The van der Waals surface area contributed by atoms with Crippen molar-refractivity contribution >= 4 is 11.9 Å². The van der Waals surface area contributed by atoms with E-state index < -0.39 is 5.97 Å². The largest absolute Gasteiger partial charge is 0.478 e. The van der Waals surface area contributed by atoms with Crippen molar-refractivity contribution < 1.29 is 14.7 Å². The topological polar surface area (TPSA) is 78.4 Å². The maximum atomic E-state index is 11.6. The van der Waals surface area contributed by atoms with Crippen molar-refractivity contribution in [2.75, 3.05) is 6.54 Å². The molecule has 0 heterocycles. The summed E-state index contributed by atoms with van der Waals surface area (Å²) in [4.78, 5) is 21.7. The standard InChI is InChI=1S/C11H20N2O3/c1-8(10(16)13-11(2,3)4)12-7-5-6-9(14)15/h5-6,8,12H,7H2,1-4H3,(H,13,16)(H,14,15)/b6-5+. The number of rotatable bonds is 5. The van der Waals surface area contributed by atoms with Crippen LogP contribution < -0.4 is 10.6 Å². The Morgan fingerprint density at radius 1 is 1.38 bits per heavy atom. The lowest BCUT2D eigenvalue weighted by molar-refractivity contribution is -0.131. The molecule has 0 aliphatic rings. The van der Waals surface area contributed by atoms with Crippen LogP contribution in [-0.4, -0.2) is 35.1 Å². The monoisotopic (exact) mass is 228 g/mol. The minimum atomic E-state index is -0.992. The van der Waals surface area contributed by atoms with Gasteiger partial charge in [0.2, 0.25) is 5.91 Å². The van der Waals surface area contributed by atoms with E-state index in [1.807, 2.05) is 20.8 Å². The van der Waals surface area contributed by atoms with Crippen LogP contribution in [0.4, 0.5) is 0 Å². The predicted octanol–water partition coefficient (Wildman–Crippen LogP) is 0.520. The highest BCUT2D eigenvalue weighted by Crippen LogP contribution is 1.99.